The van der Waals surface area contributed by atoms with E-state index in [1.807, 2.05) is 30.3 Å². The maximum absolute atomic E-state index is 12.3. The van der Waals surface area contributed by atoms with E-state index in [1.54, 1.807) is 4.90 Å². The van der Waals surface area contributed by atoms with Crippen molar-refractivity contribution in [3.8, 4) is 0 Å². The number of carbonyl (C=O) groups excluding carboxylic acids is 2. The molecule has 1 aromatic rings. The van der Waals surface area contributed by atoms with Crippen molar-refractivity contribution < 1.29 is 14.4 Å². The first-order valence-electron chi connectivity index (χ1n) is 6.98. The predicted molar refractivity (Wildman–Crippen MR) is 74.7 cm³/mol. The molecule has 0 unspecified atom stereocenters. The Balaban J connectivity index is 1.63. The standard InChI is InChI=1S/C14H18N4O3/c15-13(19)16-12-7-6-11-8-17(12)14(20)18(11)21-9-10-4-2-1-3-5-10/h1-5,11-12H,6-9H2,(H3,15,16,19)/t11-,12+/m1/s1. The van der Waals surface area contributed by atoms with Crippen LogP contribution in [0.4, 0.5) is 9.59 Å². The fourth-order valence-electron chi connectivity index (χ4n) is 2.83. The maximum atomic E-state index is 12.3. The van der Waals surface area contributed by atoms with Gasteiger partial charge in [-0.05, 0) is 18.4 Å². The van der Waals surface area contributed by atoms with Gasteiger partial charge < -0.3 is 16.0 Å². The zero-order chi connectivity index (χ0) is 14.8. The van der Waals surface area contributed by atoms with E-state index in [0.29, 0.717) is 19.6 Å². The number of nitrogens with one attached hydrogen (secondary N) is 1. The summed E-state index contributed by atoms with van der Waals surface area (Å²) in [6.07, 6.45) is 1.13. The summed E-state index contributed by atoms with van der Waals surface area (Å²) in [4.78, 5) is 30.6. The molecule has 2 heterocycles. The van der Waals surface area contributed by atoms with E-state index in [9.17, 15) is 9.59 Å². The van der Waals surface area contributed by atoms with E-state index in [4.69, 9.17) is 10.6 Å². The number of piperidine rings is 1. The minimum Gasteiger partial charge on any atom is -0.352 e. The lowest BCUT2D eigenvalue weighted by Gasteiger charge is -2.30. The van der Waals surface area contributed by atoms with Gasteiger partial charge in [-0.25, -0.2) is 9.59 Å². The number of primary amides is 1. The summed E-state index contributed by atoms with van der Waals surface area (Å²) < 4.78 is 0. The van der Waals surface area contributed by atoms with Crippen LogP contribution in [0.5, 0.6) is 0 Å². The van der Waals surface area contributed by atoms with Crippen molar-refractivity contribution in [1.82, 2.24) is 15.3 Å². The summed E-state index contributed by atoms with van der Waals surface area (Å²) in [5.41, 5.74) is 6.14. The predicted octanol–water partition coefficient (Wildman–Crippen LogP) is 1.01. The molecule has 4 amide bonds. The summed E-state index contributed by atoms with van der Waals surface area (Å²) >= 11 is 0. The molecule has 21 heavy (non-hydrogen) atoms. The number of urea groups is 2. The monoisotopic (exact) mass is 290 g/mol. The molecular weight excluding hydrogens is 272 g/mol. The van der Waals surface area contributed by atoms with Crippen LogP contribution in [-0.2, 0) is 11.4 Å². The first kappa shape index (κ1) is 13.7. The number of hydrogen-bond acceptors (Lipinski definition) is 3. The lowest BCUT2D eigenvalue weighted by Crippen LogP contribution is -2.52. The van der Waals surface area contributed by atoms with E-state index in [0.717, 1.165) is 12.0 Å². The molecule has 2 aliphatic rings. The minimum atomic E-state index is -0.616. The highest BCUT2D eigenvalue weighted by Gasteiger charge is 2.45. The van der Waals surface area contributed by atoms with Gasteiger partial charge in [0.25, 0.3) is 0 Å². The van der Waals surface area contributed by atoms with Crippen molar-refractivity contribution in [3.63, 3.8) is 0 Å². The lowest BCUT2D eigenvalue weighted by molar-refractivity contribution is -0.140. The van der Waals surface area contributed by atoms with Gasteiger partial charge in [0.05, 0.1) is 6.04 Å². The summed E-state index contributed by atoms with van der Waals surface area (Å²) in [5.74, 6) is 0. The normalized spacial score (nSPS) is 24.3. The van der Waals surface area contributed by atoms with Gasteiger partial charge in [0.1, 0.15) is 12.8 Å². The van der Waals surface area contributed by atoms with Crippen molar-refractivity contribution in [3.05, 3.63) is 35.9 Å². The second kappa shape index (κ2) is 5.61. The van der Waals surface area contributed by atoms with Crippen molar-refractivity contribution in [2.75, 3.05) is 6.54 Å². The Morgan fingerprint density at radius 2 is 2.10 bits per heavy atom. The first-order chi connectivity index (χ1) is 10.1. The highest BCUT2D eigenvalue weighted by Crippen LogP contribution is 2.29. The third-order valence-corrected chi connectivity index (χ3v) is 3.84. The minimum absolute atomic E-state index is 0.0344. The van der Waals surface area contributed by atoms with Gasteiger partial charge in [-0.1, -0.05) is 30.3 Å². The van der Waals surface area contributed by atoms with Crippen LogP contribution in [0.1, 0.15) is 18.4 Å². The van der Waals surface area contributed by atoms with Crippen LogP contribution in [0, 0.1) is 0 Å². The smallest absolute Gasteiger partial charge is 0.345 e. The number of nitrogens with zero attached hydrogens (tertiary/aromatic N) is 2. The fraction of sp³-hybridized carbons (Fsp3) is 0.429. The van der Waals surface area contributed by atoms with Gasteiger partial charge in [-0.3, -0.25) is 4.84 Å². The number of carbonyl (C=O) groups is 2. The number of benzene rings is 1. The maximum Gasteiger partial charge on any atom is 0.345 e. The molecule has 0 radical (unpaired) electrons. The first-order valence-corrected chi connectivity index (χ1v) is 6.98. The number of rotatable bonds is 4. The average molecular weight is 290 g/mol. The molecule has 2 saturated heterocycles. The molecule has 2 atom stereocenters. The van der Waals surface area contributed by atoms with E-state index < -0.39 is 6.03 Å². The van der Waals surface area contributed by atoms with Crippen LogP contribution in [0.15, 0.2) is 30.3 Å². The molecule has 0 spiro atoms. The molecule has 3 rings (SSSR count). The Labute approximate surface area is 122 Å². The highest BCUT2D eigenvalue weighted by atomic mass is 16.7. The molecule has 0 aromatic heterocycles. The number of hydroxylamine groups is 2. The molecule has 2 aliphatic heterocycles. The molecule has 3 N–H and O–H groups in total. The molecule has 7 heteroatoms. The molecule has 2 bridgehead atoms. The van der Waals surface area contributed by atoms with E-state index in [1.165, 1.54) is 5.06 Å². The molecule has 2 fully saturated rings. The second-order valence-corrected chi connectivity index (χ2v) is 5.28. The van der Waals surface area contributed by atoms with Crippen LogP contribution in [-0.4, -0.2) is 40.8 Å². The SMILES string of the molecule is NC(=O)N[C@@H]1CC[C@@H]2CN1C(=O)N2OCc1ccccc1. The van der Waals surface area contributed by atoms with Crippen LogP contribution in [0.3, 0.4) is 0 Å². The van der Waals surface area contributed by atoms with Gasteiger partial charge in [0.2, 0.25) is 0 Å². The van der Waals surface area contributed by atoms with Gasteiger partial charge in [-0.15, -0.1) is 0 Å². The second-order valence-electron chi connectivity index (χ2n) is 5.28. The molecule has 7 nitrogen and oxygen atoms in total. The van der Waals surface area contributed by atoms with Crippen LogP contribution >= 0.6 is 0 Å². The van der Waals surface area contributed by atoms with Crippen LogP contribution < -0.4 is 11.1 Å². The van der Waals surface area contributed by atoms with Gasteiger partial charge in [0.15, 0.2) is 0 Å². The zero-order valence-electron chi connectivity index (χ0n) is 11.6. The summed E-state index contributed by atoms with van der Waals surface area (Å²) in [6, 6.07) is 8.89. The van der Waals surface area contributed by atoms with E-state index >= 15 is 0 Å². The number of hydrogen-bond donors (Lipinski definition) is 2. The molecular formula is C14H18N4O3. The Kier molecular flexibility index (Phi) is 3.66. The Morgan fingerprint density at radius 3 is 2.81 bits per heavy atom. The van der Waals surface area contributed by atoms with Crippen molar-refractivity contribution in [1.29, 1.82) is 0 Å². The Hall–Kier alpha value is -2.28. The Morgan fingerprint density at radius 1 is 1.33 bits per heavy atom. The highest BCUT2D eigenvalue weighted by molar-refractivity contribution is 5.78. The number of amides is 4. The molecule has 0 aliphatic carbocycles. The van der Waals surface area contributed by atoms with E-state index in [2.05, 4.69) is 5.32 Å². The van der Waals surface area contributed by atoms with Gasteiger partial charge in [-0.2, -0.15) is 5.06 Å². The van der Waals surface area contributed by atoms with Crippen molar-refractivity contribution in [2.45, 2.75) is 31.7 Å². The van der Waals surface area contributed by atoms with Crippen molar-refractivity contribution >= 4 is 12.1 Å². The number of fused-ring (bicyclic) bond motifs is 2. The molecule has 112 valence electrons. The van der Waals surface area contributed by atoms with Crippen molar-refractivity contribution in [2.24, 2.45) is 5.73 Å². The summed E-state index contributed by atoms with van der Waals surface area (Å²) in [5, 5.41) is 4.02. The molecule has 0 saturated carbocycles. The molecule has 1 aromatic carbocycles. The van der Waals surface area contributed by atoms with E-state index in [-0.39, 0.29) is 18.2 Å². The lowest BCUT2D eigenvalue weighted by atomic mass is 10.1. The Bertz CT molecular complexity index is 536. The van der Waals surface area contributed by atoms with Gasteiger partial charge >= 0.3 is 12.1 Å². The summed E-state index contributed by atoms with van der Waals surface area (Å²) in [6.45, 7) is 0.906. The topological polar surface area (TPSA) is 87.9 Å². The van der Waals surface area contributed by atoms with Crippen LogP contribution in [0.2, 0.25) is 0 Å². The largest absolute Gasteiger partial charge is 0.352 e. The number of nitrogens with two attached hydrogens (primary N) is 1. The quantitative estimate of drug-likeness (QED) is 0.867. The van der Waals surface area contributed by atoms with Gasteiger partial charge in [0, 0.05) is 6.54 Å². The van der Waals surface area contributed by atoms with Crippen LogP contribution in [0.25, 0.3) is 0 Å². The third-order valence-electron chi connectivity index (χ3n) is 3.84. The average Bonchev–Trinajstić information content (AvgIpc) is 2.73. The third kappa shape index (κ3) is 2.78. The zero-order valence-corrected chi connectivity index (χ0v) is 11.6. The summed E-state index contributed by atoms with van der Waals surface area (Å²) in [7, 11) is 0. The fourth-order valence-corrected chi connectivity index (χ4v) is 2.83.